The summed E-state index contributed by atoms with van der Waals surface area (Å²) in [5.41, 5.74) is 0. The first-order valence-electron chi connectivity index (χ1n) is 5.05. The lowest BCUT2D eigenvalue weighted by molar-refractivity contribution is 0.301. The maximum absolute atomic E-state index is 11.4. The number of halogens is 1. The van der Waals surface area contributed by atoms with Crippen molar-refractivity contribution in [2.75, 3.05) is 5.33 Å². The third kappa shape index (κ3) is 3.65. The molecule has 0 atom stereocenters. The molecule has 0 rings (SSSR count). The molecule has 14 heavy (non-hydrogen) atoms. The van der Waals surface area contributed by atoms with Crippen LogP contribution in [0, 0.1) is 0 Å². The normalized spacial score (nSPS) is 13.2. The Hall–Kier alpha value is 0.630. The lowest BCUT2D eigenvalue weighted by atomic mass is 9.95. The molecule has 0 aliphatic carbocycles. The standard InChI is InChI=1S/C9H20BrO3P/c1-3-9(4-2,14(11,12)13)7-5-6-8-10/h3-8H2,1-2H3,(H2,11,12,13). The van der Waals surface area contributed by atoms with Crippen molar-refractivity contribution in [1.82, 2.24) is 0 Å². The molecule has 0 amide bonds. The Kier molecular flexibility index (Phi) is 6.55. The van der Waals surface area contributed by atoms with Crippen molar-refractivity contribution >= 4 is 23.5 Å². The van der Waals surface area contributed by atoms with E-state index in [9.17, 15) is 14.4 Å². The summed E-state index contributed by atoms with van der Waals surface area (Å²) >= 11 is 3.32. The fraction of sp³-hybridized carbons (Fsp3) is 1.00. The minimum atomic E-state index is -3.96. The van der Waals surface area contributed by atoms with Crippen LogP contribution in [-0.4, -0.2) is 20.3 Å². The van der Waals surface area contributed by atoms with Gasteiger partial charge in [-0.15, -0.1) is 0 Å². The Morgan fingerprint density at radius 3 is 2.00 bits per heavy atom. The van der Waals surface area contributed by atoms with E-state index < -0.39 is 12.8 Å². The molecular weight excluding hydrogens is 267 g/mol. The average Bonchev–Trinajstić information content (AvgIpc) is 2.11. The van der Waals surface area contributed by atoms with Crippen LogP contribution in [0.15, 0.2) is 0 Å². The summed E-state index contributed by atoms with van der Waals surface area (Å²) in [6, 6.07) is 0. The molecule has 0 unspecified atom stereocenters. The van der Waals surface area contributed by atoms with Gasteiger partial charge in [-0.2, -0.15) is 0 Å². The number of unbranched alkanes of at least 4 members (excludes halogenated alkanes) is 1. The van der Waals surface area contributed by atoms with E-state index in [1.54, 1.807) is 0 Å². The van der Waals surface area contributed by atoms with Crippen LogP contribution in [0.25, 0.3) is 0 Å². The molecule has 0 aromatic carbocycles. The summed E-state index contributed by atoms with van der Waals surface area (Å²) in [7, 11) is -3.96. The molecule has 0 aromatic heterocycles. The van der Waals surface area contributed by atoms with Crippen molar-refractivity contribution in [2.24, 2.45) is 0 Å². The second-order valence-electron chi connectivity index (χ2n) is 3.62. The predicted molar refractivity (Wildman–Crippen MR) is 63.0 cm³/mol. The maximum Gasteiger partial charge on any atom is 0.331 e. The summed E-state index contributed by atoms with van der Waals surface area (Å²) < 4.78 is 11.4. The van der Waals surface area contributed by atoms with Crippen LogP contribution < -0.4 is 0 Å². The van der Waals surface area contributed by atoms with Crippen LogP contribution in [-0.2, 0) is 4.57 Å². The van der Waals surface area contributed by atoms with Gasteiger partial charge in [0.05, 0.1) is 5.16 Å². The summed E-state index contributed by atoms with van der Waals surface area (Å²) in [6.45, 7) is 3.72. The number of alkyl halides is 1. The van der Waals surface area contributed by atoms with Crippen LogP contribution in [0.3, 0.4) is 0 Å². The summed E-state index contributed by atoms with van der Waals surface area (Å²) in [4.78, 5) is 18.7. The minimum absolute atomic E-state index is 0.552. The van der Waals surface area contributed by atoms with Crippen molar-refractivity contribution in [1.29, 1.82) is 0 Å². The van der Waals surface area contributed by atoms with Crippen molar-refractivity contribution in [3.05, 3.63) is 0 Å². The molecule has 0 aliphatic heterocycles. The van der Waals surface area contributed by atoms with Gasteiger partial charge in [0.2, 0.25) is 0 Å². The highest BCUT2D eigenvalue weighted by molar-refractivity contribution is 9.09. The second kappa shape index (κ2) is 6.26. The average molecular weight is 287 g/mol. The Morgan fingerprint density at radius 2 is 1.71 bits per heavy atom. The highest BCUT2D eigenvalue weighted by Gasteiger charge is 2.42. The van der Waals surface area contributed by atoms with Gasteiger partial charge in [-0.05, 0) is 25.7 Å². The monoisotopic (exact) mass is 286 g/mol. The Labute approximate surface area is 94.6 Å². The molecule has 0 aliphatic rings. The predicted octanol–water partition coefficient (Wildman–Crippen LogP) is 3.29. The largest absolute Gasteiger partial charge is 0.331 e. The smallest absolute Gasteiger partial charge is 0.324 e. The topological polar surface area (TPSA) is 57.5 Å². The van der Waals surface area contributed by atoms with E-state index in [4.69, 9.17) is 0 Å². The summed E-state index contributed by atoms with van der Waals surface area (Å²) in [5, 5.41) is 0.118. The number of hydrogen-bond acceptors (Lipinski definition) is 1. The Morgan fingerprint density at radius 1 is 1.21 bits per heavy atom. The maximum atomic E-state index is 11.4. The fourth-order valence-corrected chi connectivity index (χ4v) is 3.38. The number of rotatable bonds is 7. The van der Waals surface area contributed by atoms with E-state index in [0.29, 0.717) is 19.3 Å². The molecular formula is C9H20BrO3P. The molecule has 0 spiro atoms. The van der Waals surface area contributed by atoms with Crippen molar-refractivity contribution in [3.63, 3.8) is 0 Å². The highest BCUT2D eigenvalue weighted by Crippen LogP contribution is 2.56. The van der Waals surface area contributed by atoms with Gasteiger partial charge in [-0.1, -0.05) is 36.2 Å². The van der Waals surface area contributed by atoms with E-state index in [1.807, 2.05) is 13.8 Å². The SMILES string of the molecule is CCC(CC)(CCCCBr)P(=O)(O)O. The van der Waals surface area contributed by atoms with Gasteiger partial charge < -0.3 is 9.79 Å². The molecule has 86 valence electrons. The van der Waals surface area contributed by atoms with E-state index in [1.165, 1.54) is 0 Å². The first-order valence-corrected chi connectivity index (χ1v) is 7.78. The molecule has 0 saturated carbocycles. The van der Waals surface area contributed by atoms with Gasteiger partial charge in [0.15, 0.2) is 0 Å². The van der Waals surface area contributed by atoms with Gasteiger partial charge in [0.25, 0.3) is 0 Å². The van der Waals surface area contributed by atoms with Gasteiger partial charge in [-0.25, -0.2) is 0 Å². The van der Waals surface area contributed by atoms with Crippen LogP contribution in [0.2, 0.25) is 0 Å². The van der Waals surface area contributed by atoms with Crippen molar-refractivity contribution in [3.8, 4) is 0 Å². The minimum Gasteiger partial charge on any atom is -0.324 e. The van der Waals surface area contributed by atoms with Crippen LogP contribution >= 0.6 is 23.5 Å². The van der Waals surface area contributed by atoms with E-state index >= 15 is 0 Å². The third-order valence-corrected chi connectivity index (χ3v) is 5.61. The zero-order chi connectivity index (χ0) is 11.2. The molecule has 0 heterocycles. The third-order valence-electron chi connectivity index (χ3n) is 2.96. The van der Waals surface area contributed by atoms with E-state index in [0.717, 1.165) is 18.2 Å². The highest BCUT2D eigenvalue weighted by atomic mass is 79.9. The molecule has 0 bridgehead atoms. The van der Waals surface area contributed by atoms with Gasteiger partial charge in [0.1, 0.15) is 0 Å². The lowest BCUT2D eigenvalue weighted by Gasteiger charge is -2.32. The Balaban J connectivity index is 4.47. The first kappa shape index (κ1) is 14.6. The van der Waals surface area contributed by atoms with Crippen LogP contribution in [0.5, 0.6) is 0 Å². The molecule has 0 fully saturated rings. The van der Waals surface area contributed by atoms with Crippen molar-refractivity contribution in [2.45, 2.75) is 51.1 Å². The molecule has 0 saturated heterocycles. The molecule has 0 aromatic rings. The van der Waals surface area contributed by atoms with Crippen molar-refractivity contribution < 1.29 is 14.4 Å². The lowest BCUT2D eigenvalue weighted by Crippen LogP contribution is -2.27. The van der Waals surface area contributed by atoms with E-state index in [-0.39, 0.29) is 0 Å². The molecule has 2 N–H and O–H groups in total. The van der Waals surface area contributed by atoms with Gasteiger partial charge in [0, 0.05) is 5.33 Å². The van der Waals surface area contributed by atoms with Gasteiger partial charge >= 0.3 is 7.60 Å². The second-order valence-corrected chi connectivity index (χ2v) is 6.45. The van der Waals surface area contributed by atoms with E-state index in [2.05, 4.69) is 15.9 Å². The molecule has 5 heteroatoms. The van der Waals surface area contributed by atoms with Crippen LogP contribution in [0.1, 0.15) is 46.0 Å². The van der Waals surface area contributed by atoms with Crippen LogP contribution in [0.4, 0.5) is 0 Å². The zero-order valence-electron chi connectivity index (χ0n) is 8.87. The molecule has 0 radical (unpaired) electrons. The Bertz CT molecular complexity index is 198. The summed E-state index contributed by atoms with van der Waals surface area (Å²) in [5.74, 6) is 0. The summed E-state index contributed by atoms with van der Waals surface area (Å²) in [6.07, 6.45) is 3.57. The van der Waals surface area contributed by atoms with Gasteiger partial charge in [-0.3, -0.25) is 4.57 Å². The number of hydrogen-bond donors (Lipinski definition) is 2. The quantitative estimate of drug-likeness (QED) is 0.429. The molecule has 3 nitrogen and oxygen atoms in total. The zero-order valence-corrected chi connectivity index (χ0v) is 11.4. The first-order chi connectivity index (χ1) is 6.43. The fourth-order valence-electron chi connectivity index (χ4n) is 1.71.